The molecule has 2 aromatic carbocycles. The number of para-hydroxylation sites is 1. The smallest absolute Gasteiger partial charge is 0.293 e. The van der Waals surface area contributed by atoms with E-state index in [1.54, 1.807) is 43.3 Å². The van der Waals surface area contributed by atoms with E-state index in [0.29, 0.717) is 22.3 Å². The summed E-state index contributed by atoms with van der Waals surface area (Å²) < 4.78 is 0. The van der Waals surface area contributed by atoms with Crippen molar-refractivity contribution < 1.29 is 9.72 Å². The number of aryl methyl sites for hydroxylation is 1. The van der Waals surface area contributed by atoms with Crippen LogP contribution in [-0.2, 0) is 0 Å². The summed E-state index contributed by atoms with van der Waals surface area (Å²) in [7, 11) is 0. The molecular weight excluding hydrogens is 374 g/mol. The van der Waals surface area contributed by atoms with Crippen LogP contribution in [0.2, 0.25) is 0 Å². The van der Waals surface area contributed by atoms with E-state index in [0.717, 1.165) is 11.1 Å². The van der Waals surface area contributed by atoms with E-state index in [4.69, 9.17) is 11.5 Å². The van der Waals surface area contributed by atoms with Crippen LogP contribution in [0.1, 0.15) is 28.5 Å². The molecule has 0 aliphatic heterocycles. The van der Waals surface area contributed by atoms with E-state index in [-0.39, 0.29) is 17.3 Å². The fourth-order valence-corrected chi connectivity index (χ4v) is 2.95. The zero-order chi connectivity index (χ0) is 21.1. The van der Waals surface area contributed by atoms with Gasteiger partial charge in [-0.2, -0.15) is 5.10 Å². The van der Waals surface area contributed by atoms with Crippen LogP contribution >= 0.6 is 0 Å². The third-order valence-electron chi connectivity index (χ3n) is 4.27. The highest BCUT2D eigenvalue weighted by Gasteiger charge is 2.17. The Morgan fingerprint density at radius 2 is 1.93 bits per heavy atom. The second-order valence-electron chi connectivity index (χ2n) is 6.38. The van der Waals surface area contributed by atoms with Crippen LogP contribution in [-0.4, -0.2) is 27.5 Å². The molecule has 148 valence electrons. The average Bonchev–Trinajstić information content (AvgIpc) is 3.10. The number of nitrogens with zero attached hydrogens (tertiary/aromatic N) is 3. The number of hydrogen-bond donors (Lipinski definition) is 4. The van der Waals surface area contributed by atoms with Crippen molar-refractivity contribution in [3.63, 3.8) is 0 Å². The predicted molar refractivity (Wildman–Crippen MR) is 112 cm³/mol. The summed E-state index contributed by atoms with van der Waals surface area (Å²) in [5.41, 5.74) is 13.9. The van der Waals surface area contributed by atoms with Gasteiger partial charge >= 0.3 is 0 Å². The van der Waals surface area contributed by atoms with Crippen molar-refractivity contribution in [1.82, 2.24) is 4.98 Å². The maximum Gasteiger partial charge on any atom is 0.293 e. The molecule has 0 spiro atoms. The lowest BCUT2D eigenvalue weighted by Crippen LogP contribution is -2.22. The van der Waals surface area contributed by atoms with Crippen molar-refractivity contribution in [2.45, 2.75) is 13.8 Å². The number of anilines is 1. The van der Waals surface area contributed by atoms with Crippen LogP contribution < -0.4 is 16.8 Å². The number of aromatic amines is 1. The van der Waals surface area contributed by atoms with E-state index in [1.807, 2.05) is 6.92 Å². The molecule has 0 unspecified atom stereocenters. The Balaban J connectivity index is 1.84. The van der Waals surface area contributed by atoms with Gasteiger partial charge < -0.3 is 21.8 Å². The van der Waals surface area contributed by atoms with Gasteiger partial charge in [-0.05, 0) is 37.6 Å². The molecule has 6 N–H and O–H groups in total. The molecule has 0 atom stereocenters. The Hall–Kier alpha value is -4.21. The van der Waals surface area contributed by atoms with Crippen LogP contribution in [0.4, 0.5) is 11.4 Å². The predicted octanol–water partition coefficient (Wildman–Crippen LogP) is 2.63. The van der Waals surface area contributed by atoms with Gasteiger partial charge in [0.15, 0.2) is 0 Å². The zero-order valence-electron chi connectivity index (χ0n) is 15.8. The molecule has 1 amide bonds. The summed E-state index contributed by atoms with van der Waals surface area (Å²) in [6.45, 7) is 3.64. The summed E-state index contributed by atoms with van der Waals surface area (Å²) in [4.78, 5) is 26.1. The second kappa shape index (κ2) is 7.80. The fourth-order valence-electron chi connectivity index (χ4n) is 2.95. The number of nitrogens with two attached hydrogens (primary N) is 2. The lowest BCUT2D eigenvalue weighted by molar-refractivity contribution is -0.383. The van der Waals surface area contributed by atoms with Gasteiger partial charge in [0.2, 0.25) is 5.96 Å². The number of guanidine groups is 1. The first-order valence-corrected chi connectivity index (χ1v) is 8.58. The third-order valence-corrected chi connectivity index (χ3v) is 4.27. The highest BCUT2D eigenvalue weighted by molar-refractivity contribution is 6.07. The minimum Gasteiger partial charge on any atom is -0.369 e. The van der Waals surface area contributed by atoms with Crippen molar-refractivity contribution in [3.05, 3.63) is 69.4 Å². The number of fused-ring (bicyclic) bond motifs is 1. The number of carbonyl (C=O) groups is 1. The number of H-pyrrole nitrogens is 1. The summed E-state index contributed by atoms with van der Waals surface area (Å²) >= 11 is 0. The number of nitro groups is 1. The quantitative estimate of drug-likeness (QED) is 0.226. The van der Waals surface area contributed by atoms with E-state index < -0.39 is 10.8 Å². The molecule has 1 heterocycles. The molecule has 29 heavy (non-hydrogen) atoms. The molecule has 0 saturated carbocycles. The van der Waals surface area contributed by atoms with Crippen LogP contribution in [0, 0.1) is 17.0 Å². The molecule has 0 bridgehead atoms. The molecule has 0 radical (unpaired) electrons. The summed E-state index contributed by atoms with van der Waals surface area (Å²) in [6.07, 6.45) is 0. The van der Waals surface area contributed by atoms with Gasteiger partial charge in [0.1, 0.15) is 11.2 Å². The third kappa shape index (κ3) is 4.21. The second-order valence-corrected chi connectivity index (χ2v) is 6.38. The van der Waals surface area contributed by atoms with Crippen LogP contribution in [0.15, 0.2) is 52.7 Å². The zero-order valence-corrected chi connectivity index (χ0v) is 15.8. The number of nitro benzene ring substituents is 1. The maximum absolute atomic E-state index is 12.6. The summed E-state index contributed by atoms with van der Waals surface area (Å²) in [5, 5.41) is 22.1. The topological polar surface area (TPSA) is 165 Å². The number of non-ortho nitro benzene ring substituents is 1. The number of carbonyl (C=O) groups excluding carboxylic acids is 1. The van der Waals surface area contributed by atoms with Gasteiger partial charge in [-0.25, -0.2) is 0 Å². The van der Waals surface area contributed by atoms with Crippen molar-refractivity contribution >= 4 is 39.9 Å². The van der Waals surface area contributed by atoms with E-state index in [1.165, 1.54) is 6.07 Å². The van der Waals surface area contributed by atoms with Gasteiger partial charge in [0, 0.05) is 22.7 Å². The molecule has 0 saturated heterocycles. The molecule has 3 aromatic rings. The molecule has 10 nitrogen and oxygen atoms in total. The summed E-state index contributed by atoms with van der Waals surface area (Å²) in [6, 6.07) is 11.5. The average molecular weight is 393 g/mol. The monoisotopic (exact) mass is 393 g/mol. The first-order chi connectivity index (χ1) is 13.8. The number of rotatable bonds is 5. The SMILES string of the molecule is CC(=NN=C(N)N)c1ccc(NC(=O)c2cc3cccc([N+](=O)[O-])c3[nH]2)cc1C. The van der Waals surface area contributed by atoms with Crippen LogP contribution in [0.25, 0.3) is 10.9 Å². The van der Waals surface area contributed by atoms with Gasteiger partial charge in [-0.3, -0.25) is 14.9 Å². The number of nitrogens with one attached hydrogen (secondary N) is 2. The van der Waals surface area contributed by atoms with Crippen molar-refractivity contribution in [3.8, 4) is 0 Å². The van der Waals surface area contributed by atoms with Gasteiger partial charge in [-0.1, -0.05) is 18.2 Å². The molecule has 10 heteroatoms. The molecule has 0 aliphatic carbocycles. The standard InChI is InChI=1S/C19H19N7O3/c1-10-8-13(6-7-14(10)11(2)24-25-19(20)21)22-18(27)15-9-12-4-3-5-16(26(28)29)17(12)23-15/h3-9,23H,1-2H3,(H,22,27)(H4,20,21,25). The van der Waals surface area contributed by atoms with Crippen molar-refractivity contribution in [1.29, 1.82) is 0 Å². The molecule has 3 rings (SSSR count). The number of aromatic nitrogens is 1. The lowest BCUT2D eigenvalue weighted by atomic mass is 10.0. The van der Waals surface area contributed by atoms with Gasteiger partial charge in [-0.15, -0.1) is 5.10 Å². The molecule has 1 aromatic heterocycles. The minimum atomic E-state index is -0.491. The molecule has 0 fully saturated rings. The first-order valence-electron chi connectivity index (χ1n) is 8.58. The Morgan fingerprint density at radius 3 is 2.59 bits per heavy atom. The number of hydrogen-bond acceptors (Lipinski definition) is 5. The Kier molecular flexibility index (Phi) is 5.26. The highest BCUT2D eigenvalue weighted by atomic mass is 16.6. The number of benzene rings is 2. The lowest BCUT2D eigenvalue weighted by Gasteiger charge is -2.09. The number of amides is 1. The Labute approximate surface area is 165 Å². The normalized spacial score (nSPS) is 11.3. The van der Waals surface area contributed by atoms with Crippen molar-refractivity contribution in [2.75, 3.05) is 5.32 Å². The van der Waals surface area contributed by atoms with Crippen LogP contribution in [0.5, 0.6) is 0 Å². The Morgan fingerprint density at radius 1 is 1.17 bits per heavy atom. The molecular formula is C19H19N7O3. The van der Waals surface area contributed by atoms with E-state index >= 15 is 0 Å². The minimum absolute atomic E-state index is 0.0858. The molecule has 0 aliphatic rings. The van der Waals surface area contributed by atoms with E-state index in [2.05, 4.69) is 20.5 Å². The first kappa shape index (κ1) is 19.5. The maximum atomic E-state index is 12.6. The highest BCUT2D eigenvalue weighted by Crippen LogP contribution is 2.26. The fraction of sp³-hybridized carbons (Fsp3) is 0.105. The van der Waals surface area contributed by atoms with Crippen molar-refractivity contribution in [2.24, 2.45) is 21.7 Å². The largest absolute Gasteiger partial charge is 0.369 e. The summed E-state index contributed by atoms with van der Waals surface area (Å²) in [5.74, 6) is -0.544. The van der Waals surface area contributed by atoms with E-state index in [9.17, 15) is 14.9 Å². The van der Waals surface area contributed by atoms with Gasteiger partial charge in [0.25, 0.3) is 11.6 Å². The van der Waals surface area contributed by atoms with Gasteiger partial charge in [0.05, 0.1) is 10.6 Å². The van der Waals surface area contributed by atoms with Crippen LogP contribution in [0.3, 0.4) is 0 Å². The Bertz CT molecular complexity index is 1170.